The molecular weight excluding hydrogens is 244 g/mol. The lowest BCUT2D eigenvalue weighted by atomic mass is 9.98. The van der Waals surface area contributed by atoms with Crippen molar-refractivity contribution in [1.29, 1.82) is 0 Å². The standard InChI is InChI=1S/C14H20N2O3/c1-9-4-3-5-10(2)16(9)14(19)15-11-6-12(17)8-13(18)7-11/h6-10,17-18H,3-5H2,1-2H3,(H,15,19). The van der Waals surface area contributed by atoms with E-state index >= 15 is 0 Å². The van der Waals surface area contributed by atoms with E-state index in [0.29, 0.717) is 5.69 Å². The molecule has 1 aromatic carbocycles. The number of nitrogens with one attached hydrogen (secondary N) is 1. The molecule has 1 heterocycles. The van der Waals surface area contributed by atoms with Gasteiger partial charge in [-0.25, -0.2) is 4.79 Å². The number of carbonyl (C=O) groups excluding carboxylic acids is 1. The first-order valence-corrected chi connectivity index (χ1v) is 6.59. The first kappa shape index (κ1) is 13.5. The van der Waals surface area contributed by atoms with Gasteiger partial charge in [-0.15, -0.1) is 0 Å². The van der Waals surface area contributed by atoms with Crippen LogP contribution in [0.15, 0.2) is 18.2 Å². The molecule has 2 rings (SSSR count). The van der Waals surface area contributed by atoms with Crippen LogP contribution in [0.3, 0.4) is 0 Å². The summed E-state index contributed by atoms with van der Waals surface area (Å²) in [5, 5.41) is 21.5. The molecule has 5 nitrogen and oxygen atoms in total. The van der Waals surface area contributed by atoms with Gasteiger partial charge in [0.15, 0.2) is 0 Å². The van der Waals surface area contributed by atoms with Crippen LogP contribution in [0, 0.1) is 0 Å². The van der Waals surface area contributed by atoms with E-state index in [1.165, 1.54) is 18.2 Å². The van der Waals surface area contributed by atoms with Gasteiger partial charge < -0.3 is 20.4 Å². The van der Waals surface area contributed by atoms with E-state index < -0.39 is 0 Å². The number of likely N-dealkylation sites (tertiary alicyclic amines) is 1. The molecule has 2 amide bonds. The van der Waals surface area contributed by atoms with Crippen molar-refractivity contribution in [3.05, 3.63) is 18.2 Å². The molecule has 2 unspecified atom stereocenters. The number of piperidine rings is 1. The van der Waals surface area contributed by atoms with Crippen LogP contribution in [0.5, 0.6) is 11.5 Å². The summed E-state index contributed by atoms with van der Waals surface area (Å²) in [4.78, 5) is 14.1. The molecule has 0 bridgehead atoms. The van der Waals surface area contributed by atoms with Crippen molar-refractivity contribution in [2.24, 2.45) is 0 Å². The molecule has 19 heavy (non-hydrogen) atoms. The number of hydrogen-bond donors (Lipinski definition) is 3. The van der Waals surface area contributed by atoms with Crippen LogP contribution in [-0.2, 0) is 0 Å². The van der Waals surface area contributed by atoms with E-state index in [1.54, 1.807) is 0 Å². The summed E-state index contributed by atoms with van der Waals surface area (Å²) in [6, 6.07) is 4.27. The van der Waals surface area contributed by atoms with E-state index in [2.05, 4.69) is 5.32 Å². The Bertz CT molecular complexity index is 446. The molecule has 2 atom stereocenters. The van der Waals surface area contributed by atoms with Gasteiger partial charge in [-0.1, -0.05) is 0 Å². The van der Waals surface area contributed by atoms with Gasteiger partial charge in [0.05, 0.1) is 0 Å². The molecule has 1 aliphatic heterocycles. The highest BCUT2D eigenvalue weighted by Crippen LogP contribution is 2.26. The van der Waals surface area contributed by atoms with Crippen LogP contribution in [0.2, 0.25) is 0 Å². The quantitative estimate of drug-likeness (QED) is 0.730. The number of phenols is 2. The Morgan fingerprint density at radius 3 is 2.21 bits per heavy atom. The number of benzene rings is 1. The smallest absolute Gasteiger partial charge is 0.322 e. The van der Waals surface area contributed by atoms with Crippen LogP contribution in [0.4, 0.5) is 10.5 Å². The van der Waals surface area contributed by atoms with Crippen molar-refractivity contribution in [3.63, 3.8) is 0 Å². The summed E-state index contributed by atoms with van der Waals surface area (Å²) in [7, 11) is 0. The van der Waals surface area contributed by atoms with Gasteiger partial charge in [0.2, 0.25) is 0 Å². The Morgan fingerprint density at radius 1 is 1.16 bits per heavy atom. The number of amides is 2. The Labute approximate surface area is 112 Å². The topological polar surface area (TPSA) is 72.8 Å². The average molecular weight is 264 g/mol. The van der Waals surface area contributed by atoms with Gasteiger partial charge >= 0.3 is 6.03 Å². The minimum Gasteiger partial charge on any atom is -0.508 e. The summed E-state index contributed by atoms with van der Waals surface area (Å²) in [6.45, 7) is 4.07. The Morgan fingerprint density at radius 2 is 1.68 bits per heavy atom. The largest absolute Gasteiger partial charge is 0.508 e. The van der Waals surface area contributed by atoms with Gasteiger partial charge in [-0.05, 0) is 33.1 Å². The molecule has 1 fully saturated rings. The predicted octanol–water partition coefficient (Wildman–Crippen LogP) is 2.89. The third-order valence-corrected chi connectivity index (χ3v) is 3.58. The van der Waals surface area contributed by atoms with Crippen LogP contribution >= 0.6 is 0 Å². The van der Waals surface area contributed by atoms with Crippen molar-refractivity contribution in [1.82, 2.24) is 4.90 Å². The molecule has 0 radical (unpaired) electrons. The number of rotatable bonds is 1. The number of hydrogen-bond acceptors (Lipinski definition) is 3. The van der Waals surface area contributed by atoms with Crippen molar-refractivity contribution >= 4 is 11.7 Å². The van der Waals surface area contributed by atoms with E-state index in [0.717, 1.165) is 19.3 Å². The van der Waals surface area contributed by atoms with Gasteiger partial charge in [0.1, 0.15) is 11.5 Å². The number of urea groups is 1. The van der Waals surface area contributed by atoms with E-state index in [9.17, 15) is 15.0 Å². The molecule has 0 aliphatic carbocycles. The molecule has 3 N–H and O–H groups in total. The van der Waals surface area contributed by atoms with E-state index in [1.807, 2.05) is 18.7 Å². The fourth-order valence-electron chi connectivity index (χ4n) is 2.68. The van der Waals surface area contributed by atoms with Crippen molar-refractivity contribution in [3.8, 4) is 11.5 Å². The second kappa shape index (κ2) is 5.38. The molecule has 0 spiro atoms. The molecule has 1 aliphatic rings. The zero-order valence-electron chi connectivity index (χ0n) is 11.3. The highest BCUT2D eigenvalue weighted by atomic mass is 16.3. The second-order valence-corrected chi connectivity index (χ2v) is 5.20. The average Bonchev–Trinajstić information content (AvgIpc) is 2.26. The molecule has 0 saturated carbocycles. The lowest BCUT2D eigenvalue weighted by Gasteiger charge is -2.38. The summed E-state index contributed by atoms with van der Waals surface area (Å²) in [5.74, 6) is -0.148. The minimum absolute atomic E-state index is 0.0740. The van der Waals surface area contributed by atoms with Crippen molar-refractivity contribution in [2.75, 3.05) is 5.32 Å². The first-order chi connectivity index (χ1) is 8.97. The first-order valence-electron chi connectivity index (χ1n) is 6.59. The zero-order valence-corrected chi connectivity index (χ0v) is 11.3. The maximum atomic E-state index is 12.3. The Kier molecular flexibility index (Phi) is 3.83. The van der Waals surface area contributed by atoms with Gasteiger partial charge in [-0.3, -0.25) is 0 Å². The Balaban J connectivity index is 2.11. The van der Waals surface area contributed by atoms with Crippen molar-refractivity contribution in [2.45, 2.75) is 45.2 Å². The minimum atomic E-state index is -0.190. The molecule has 1 aromatic rings. The zero-order chi connectivity index (χ0) is 14.0. The number of phenolic OH excluding ortho intramolecular Hbond substituents is 2. The maximum Gasteiger partial charge on any atom is 0.322 e. The number of carbonyl (C=O) groups is 1. The predicted molar refractivity (Wildman–Crippen MR) is 73.4 cm³/mol. The number of nitrogens with zero attached hydrogens (tertiary/aromatic N) is 1. The summed E-state index contributed by atoms with van der Waals surface area (Å²) in [5.41, 5.74) is 0.396. The third kappa shape index (κ3) is 3.10. The SMILES string of the molecule is CC1CCCC(C)N1C(=O)Nc1cc(O)cc(O)c1. The monoisotopic (exact) mass is 264 g/mol. The fourth-order valence-corrected chi connectivity index (χ4v) is 2.68. The van der Waals surface area contributed by atoms with Crippen LogP contribution in [0.1, 0.15) is 33.1 Å². The fraction of sp³-hybridized carbons (Fsp3) is 0.500. The van der Waals surface area contributed by atoms with Crippen LogP contribution < -0.4 is 5.32 Å². The Hall–Kier alpha value is -1.91. The maximum absolute atomic E-state index is 12.3. The second-order valence-electron chi connectivity index (χ2n) is 5.20. The summed E-state index contributed by atoms with van der Waals surface area (Å²) in [6.07, 6.45) is 3.14. The van der Waals surface area contributed by atoms with E-state index in [-0.39, 0.29) is 29.6 Å². The van der Waals surface area contributed by atoms with E-state index in [4.69, 9.17) is 0 Å². The number of aromatic hydroxyl groups is 2. The molecule has 1 saturated heterocycles. The molecular formula is C14H20N2O3. The third-order valence-electron chi connectivity index (χ3n) is 3.58. The summed E-state index contributed by atoms with van der Waals surface area (Å²) >= 11 is 0. The molecule has 0 aromatic heterocycles. The van der Waals surface area contributed by atoms with Gasteiger partial charge in [-0.2, -0.15) is 0 Å². The van der Waals surface area contributed by atoms with Crippen molar-refractivity contribution < 1.29 is 15.0 Å². The molecule has 5 heteroatoms. The highest BCUT2D eigenvalue weighted by Gasteiger charge is 2.28. The normalized spacial score (nSPS) is 23.2. The van der Waals surface area contributed by atoms with Gasteiger partial charge in [0, 0.05) is 36.0 Å². The van der Waals surface area contributed by atoms with Gasteiger partial charge in [0.25, 0.3) is 0 Å². The molecule has 104 valence electrons. The summed E-state index contributed by atoms with van der Waals surface area (Å²) < 4.78 is 0. The highest BCUT2D eigenvalue weighted by molar-refractivity contribution is 5.90. The van der Waals surface area contributed by atoms with Crippen LogP contribution in [0.25, 0.3) is 0 Å². The van der Waals surface area contributed by atoms with Crippen LogP contribution in [-0.4, -0.2) is 33.2 Å². The lowest BCUT2D eigenvalue weighted by molar-refractivity contribution is 0.133. The lowest BCUT2D eigenvalue weighted by Crippen LogP contribution is -2.49. The number of anilines is 1.